The molecule has 1 heterocycles. The minimum absolute atomic E-state index is 0.650. The largest absolute Gasteiger partial charge is 0.490 e. The number of rotatable bonds is 4. The van der Waals surface area contributed by atoms with E-state index in [1.807, 2.05) is 42.5 Å². The van der Waals surface area contributed by atoms with E-state index in [1.165, 1.54) is 0 Å². The normalized spacial score (nSPS) is 13.9. The molecule has 0 aliphatic carbocycles. The molecule has 0 amide bonds. The molecule has 3 rings (SSSR count). The van der Waals surface area contributed by atoms with Gasteiger partial charge in [-0.1, -0.05) is 29.8 Å². The molecule has 1 aliphatic rings. The van der Waals surface area contributed by atoms with Crippen molar-refractivity contribution in [3.8, 4) is 11.5 Å². The SMILES string of the molecule is CN=C(NCc1ccc(Cl)cc1)NCc1ccc2c(c1)OCCCO2. The maximum absolute atomic E-state index is 5.90. The van der Waals surface area contributed by atoms with Crippen LogP contribution in [-0.2, 0) is 13.1 Å². The van der Waals surface area contributed by atoms with E-state index >= 15 is 0 Å². The molecule has 2 aromatic rings. The van der Waals surface area contributed by atoms with Gasteiger partial charge in [0, 0.05) is 31.6 Å². The van der Waals surface area contributed by atoms with Crippen LogP contribution in [0.2, 0.25) is 5.02 Å². The van der Waals surface area contributed by atoms with E-state index in [0.717, 1.165) is 40.0 Å². The molecule has 0 aromatic heterocycles. The van der Waals surface area contributed by atoms with Crippen molar-refractivity contribution in [3.05, 3.63) is 58.6 Å². The second-order valence-corrected chi connectivity index (χ2v) is 6.17. The molecule has 0 unspecified atom stereocenters. The van der Waals surface area contributed by atoms with E-state index in [0.29, 0.717) is 26.3 Å². The number of guanidine groups is 1. The van der Waals surface area contributed by atoms with Gasteiger partial charge in [0.05, 0.1) is 13.2 Å². The first-order valence-electron chi connectivity index (χ1n) is 8.32. The third-order valence-corrected chi connectivity index (χ3v) is 4.12. The van der Waals surface area contributed by atoms with Crippen LogP contribution < -0.4 is 20.1 Å². The minimum atomic E-state index is 0.650. The molecule has 2 N–H and O–H groups in total. The zero-order valence-corrected chi connectivity index (χ0v) is 15.0. The molecule has 0 radical (unpaired) electrons. The lowest BCUT2D eigenvalue weighted by molar-refractivity contribution is 0.297. The fourth-order valence-corrected chi connectivity index (χ4v) is 2.64. The van der Waals surface area contributed by atoms with Crippen molar-refractivity contribution in [2.45, 2.75) is 19.5 Å². The van der Waals surface area contributed by atoms with Crippen LogP contribution in [-0.4, -0.2) is 26.2 Å². The third-order valence-electron chi connectivity index (χ3n) is 3.87. The Hall–Kier alpha value is -2.40. The number of fused-ring (bicyclic) bond motifs is 1. The number of ether oxygens (including phenoxy) is 2. The molecular formula is C19H22ClN3O2. The summed E-state index contributed by atoms with van der Waals surface area (Å²) in [6.07, 6.45) is 0.906. The van der Waals surface area contributed by atoms with Crippen LogP contribution in [0.3, 0.4) is 0 Å². The quantitative estimate of drug-likeness (QED) is 0.649. The average Bonchev–Trinajstić information content (AvgIpc) is 2.88. The fourth-order valence-electron chi connectivity index (χ4n) is 2.51. The van der Waals surface area contributed by atoms with Crippen molar-refractivity contribution in [1.29, 1.82) is 0 Å². The van der Waals surface area contributed by atoms with E-state index in [2.05, 4.69) is 15.6 Å². The smallest absolute Gasteiger partial charge is 0.191 e. The number of halogens is 1. The maximum atomic E-state index is 5.90. The van der Waals surface area contributed by atoms with Crippen molar-refractivity contribution < 1.29 is 9.47 Å². The van der Waals surface area contributed by atoms with Crippen molar-refractivity contribution in [2.75, 3.05) is 20.3 Å². The predicted molar refractivity (Wildman–Crippen MR) is 101 cm³/mol. The Kier molecular flexibility index (Phi) is 6.01. The van der Waals surface area contributed by atoms with E-state index < -0.39 is 0 Å². The lowest BCUT2D eigenvalue weighted by atomic mass is 10.2. The Morgan fingerprint density at radius 3 is 2.32 bits per heavy atom. The van der Waals surface area contributed by atoms with Gasteiger partial charge < -0.3 is 20.1 Å². The third kappa shape index (κ3) is 5.03. The summed E-state index contributed by atoms with van der Waals surface area (Å²) in [6, 6.07) is 13.8. The standard InChI is InChI=1S/C19H22ClN3O2/c1-21-19(22-12-14-3-6-16(20)7-4-14)23-13-15-5-8-17-18(11-15)25-10-2-9-24-17/h3-8,11H,2,9-10,12-13H2,1H3,(H2,21,22,23). The molecule has 0 atom stereocenters. The van der Waals surface area contributed by atoms with Crippen LogP contribution in [0.25, 0.3) is 0 Å². The van der Waals surface area contributed by atoms with E-state index in [-0.39, 0.29) is 0 Å². The van der Waals surface area contributed by atoms with Crippen molar-refractivity contribution in [3.63, 3.8) is 0 Å². The number of benzene rings is 2. The molecule has 2 aromatic carbocycles. The molecule has 132 valence electrons. The lowest BCUT2D eigenvalue weighted by Gasteiger charge is -2.13. The van der Waals surface area contributed by atoms with Crippen molar-refractivity contribution in [1.82, 2.24) is 10.6 Å². The van der Waals surface area contributed by atoms with Crippen molar-refractivity contribution in [2.24, 2.45) is 4.99 Å². The van der Waals surface area contributed by atoms with Gasteiger partial charge >= 0.3 is 0 Å². The van der Waals surface area contributed by atoms with Gasteiger partial charge in [0.25, 0.3) is 0 Å². The zero-order valence-electron chi connectivity index (χ0n) is 14.2. The zero-order chi connectivity index (χ0) is 17.5. The fraction of sp³-hybridized carbons (Fsp3) is 0.316. The molecule has 0 saturated carbocycles. The van der Waals surface area contributed by atoms with Crippen LogP contribution >= 0.6 is 11.6 Å². The van der Waals surface area contributed by atoms with Gasteiger partial charge in [0.1, 0.15) is 0 Å². The molecule has 0 spiro atoms. The summed E-state index contributed by atoms with van der Waals surface area (Å²) < 4.78 is 11.4. The van der Waals surface area contributed by atoms with Crippen LogP contribution in [0, 0.1) is 0 Å². The van der Waals surface area contributed by atoms with E-state index in [9.17, 15) is 0 Å². The Bertz CT molecular complexity index is 732. The highest BCUT2D eigenvalue weighted by Crippen LogP contribution is 2.30. The molecule has 5 nitrogen and oxygen atoms in total. The summed E-state index contributed by atoms with van der Waals surface area (Å²) in [4.78, 5) is 4.25. The molecule has 0 bridgehead atoms. The molecule has 25 heavy (non-hydrogen) atoms. The first kappa shape index (κ1) is 17.4. The van der Waals surface area contributed by atoms with Gasteiger partial charge in [-0.2, -0.15) is 0 Å². The Morgan fingerprint density at radius 1 is 0.960 bits per heavy atom. The minimum Gasteiger partial charge on any atom is -0.490 e. The molecular weight excluding hydrogens is 338 g/mol. The second-order valence-electron chi connectivity index (χ2n) is 5.74. The Morgan fingerprint density at radius 2 is 1.60 bits per heavy atom. The second kappa shape index (κ2) is 8.62. The molecule has 1 aliphatic heterocycles. The summed E-state index contributed by atoms with van der Waals surface area (Å²) in [5.74, 6) is 2.36. The highest BCUT2D eigenvalue weighted by atomic mass is 35.5. The van der Waals surface area contributed by atoms with Crippen molar-refractivity contribution >= 4 is 17.6 Å². The van der Waals surface area contributed by atoms with E-state index in [4.69, 9.17) is 21.1 Å². The number of hydrogen-bond donors (Lipinski definition) is 2. The van der Waals surface area contributed by atoms with Gasteiger partial charge in [-0.15, -0.1) is 0 Å². The number of aliphatic imine (C=N–C) groups is 1. The first-order valence-corrected chi connectivity index (χ1v) is 8.70. The monoisotopic (exact) mass is 359 g/mol. The summed E-state index contributed by atoms with van der Waals surface area (Å²) in [7, 11) is 1.76. The summed E-state index contributed by atoms with van der Waals surface area (Å²) in [6.45, 7) is 2.72. The van der Waals surface area contributed by atoms with Gasteiger partial charge in [0.15, 0.2) is 17.5 Å². The van der Waals surface area contributed by atoms with Crippen LogP contribution in [0.1, 0.15) is 17.5 Å². The van der Waals surface area contributed by atoms with Gasteiger partial charge in [0.2, 0.25) is 0 Å². The molecule has 0 saturated heterocycles. The Labute approximate surface area is 153 Å². The lowest BCUT2D eigenvalue weighted by Crippen LogP contribution is -2.36. The molecule has 6 heteroatoms. The maximum Gasteiger partial charge on any atom is 0.191 e. The van der Waals surface area contributed by atoms with E-state index in [1.54, 1.807) is 7.05 Å². The van der Waals surface area contributed by atoms with Crippen LogP contribution in [0.4, 0.5) is 0 Å². The summed E-state index contributed by atoms with van der Waals surface area (Å²) in [5, 5.41) is 7.33. The highest BCUT2D eigenvalue weighted by Gasteiger charge is 2.10. The first-order chi connectivity index (χ1) is 12.2. The number of hydrogen-bond acceptors (Lipinski definition) is 3. The molecule has 0 fully saturated rings. The Balaban J connectivity index is 1.54. The number of nitrogens with zero attached hydrogens (tertiary/aromatic N) is 1. The average molecular weight is 360 g/mol. The highest BCUT2D eigenvalue weighted by molar-refractivity contribution is 6.30. The summed E-state index contributed by atoms with van der Waals surface area (Å²) >= 11 is 5.90. The summed E-state index contributed by atoms with van der Waals surface area (Å²) in [5.41, 5.74) is 2.25. The predicted octanol–water partition coefficient (Wildman–Crippen LogP) is 3.37. The van der Waals surface area contributed by atoms with Crippen LogP contribution in [0.15, 0.2) is 47.5 Å². The van der Waals surface area contributed by atoms with Crippen LogP contribution in [0.5, 0.6) is 11.5 Å². The van der Waals surface area contributed by atoms with Gasteiger partial charge in [-0.05, 0) is 35.4 Å². The number of nitrogens with one attached hydrogen (secondary N) is 2. The topological polar surface area (TPSA) is 54.9 Å². The van der Waals surface area contributed by atoms with Gasteiger partial charge in [-0.25, -0.2) is 0 Å². The van der Waals surface area contributed by atoms with Gasteiger partial charge in [-0.3, -0.25) is 4.99 Å².